The lowest BCUT2D eigenvalue weighted by atomic mass is 9.57. The highest BCUT2D eigenvalue weighted by molar-refractivity contribution is 5.48. The van der Waals surface area contributed by atoms with Crippen molar-refractivity contribution in [3.05, 3.63) is 42.0 Å². The minimum atomic E-state index is -0.703. The van der Waals surface area contributed by atoms with E-state index in [0.29, 0.717) is 23.7 Å². The molecule has 28 heavy (non-hydrogen) atoms. The largest absolute Gasteiger partial charge is 0.346 e. The zero-order valence-corrected chi connectivity index (χ0v) is 17.2. The first-order valence-corrected chi connectivity index (χ1v) is 10.9. The summed E-state index contributed by atoms with van der Waals surface area (Å²) in [5.74, 6) is 1.10. The highest BCUT2D eigenvalue weighted by Gasteiger charge is 2.69. The van der Waals surface area contributed by atoms with Crippen molar-refractivity contribution in [2.24, 2.45) is 23.7 Å². The molecule has 6 rings (SSSR count). The Morgan fingerprint density at radius 1 is 1.14 bits per heavy atom. The van der Waals surface area contributed by atoms with Crippen molar-refractivity contribution in [1.29, 1.82) is 0 Å². The maximum Gasteiger partial charge on any atom is 0.201 e. The van der Waals surface area contributed by atoms with E-state index in [0.717, 1.165) is 31.2 Å². The first-order chi connectivity index (χ1) is 13.4. The minimum Gasteiger partial charge on any atom is -0.346 e. The molecule has 0 radical (unpaired) electrons. The van der Waals surface area contributed by atoms with E-state index >= 15 is 0 Å². The Balaban J connectivity index is 1.48. The molecule has 5 aliphatic rings. The summed E-state index contributed by atoms with van der Waals surface area (Å²) >= 11 is 0. The van der Waals surface area contributed by atoms with Crippen LogP contribution in [0.15, 0.2) is 30.8 Å². The summed E-state index contributed by atoms with van der Waals surface area (Å²) in [5, 5.41) is 0. The van der Waals surface area contributed by atoms with Crippen molar-refractivity contribution in [2.45, 2.75) is 76.7 Å². The van der Waals surface area contributed by atoms with Crippen LogP contribution in [0.5, 0.6) is 0 Å². The monoisotopic (exact) mass is 384 g/mol. The lowest BCUT2D eigenvalue weighted by molar-refractivity contribution is -0.571. The van der Waals surface area contributed by atoms with Gasteiger partial charge in [-0.05, 0) is 61.5 Å². The molecule has 1 spiro atoms. The number of fused-ring (bicyclic) bond motifs is 2. The van der Waals surface area contributed by atoms with Crippen LogP contribution in [-0.2, 0) is 25.7 Å². The molecule has 0 amide bonds. The summed E-state index contributed by atoms with van der Waals surface area (Å²) in [6, 6.07) is 8.57. The van der Waals surface area contributed by atoms with Crippen LogP contribution >= 0.6 is 0 Å². The molecule has 1 saturated carbocycles. The second-order valence-corrected chi connectivity index (χ2v) is 9.60. The van der Waals surface area contributed by atoms with Crippen molar-refractivity contribution in [3.8, 4) is 0 Å². The predicted molar refractivity (Wildman–Crippen MR) is 107 cm³/mol. The molecule has 8 atom stereocenters. The molecule has 1 aromatic rings. The molecule has 4 aliphatic heterocycles. The third kappa shape index (κ3) is 2.72. The Labute approximate surface area is 168 Å². The normalized spacial score (nSPS) is 47.2. The van der Waals surface area contributed by atoms with Crippen molar-refractivity contribution >= 4 is 6.08 Å². The molecular formula is C24H32O4. The second-order valence-electron chi connectivity index (χ2n) is 9.60. The van der Waals surface area contributed by atoms with E-state index < -0.39 is 11.4 Å². The number of hydrogen-bond acceptors (Lipinski definition) is 4. The van der Waals surface area contributed by atoms with Gasteiger partial charge >= 0.3 is 0 Å². The van der Waals surface area contributed by atoms with Gasteiger partial charge in [-0.15, -0.1) is 0 Å². The van der Waals surface area contributed by atoms with Crippen LogP contribution in [0.3, 0.4) is 0 Å². The van der Waals surface area contributed by atoms with Crippen molar-refractivity contribution in [1.82, 2.24) is 0 Å². The van der Waals surface area contributed by atoms with Crippen LogP contribution in [0.2, 0.25) is 0 Å². The van der Waals surface area contributed by atoms with E-state index in [-0.39, 0.29) is 12.4 Å². The van der Waals surface area contributed by atoms with Gasteiger partial charge in [0.2, 0.25) is 5.79 Å². The van der Waals surface area contributed by atoms with Gasteiger partial charge in [-0.2, -0.15) is 0 Å². The van der Waals surface area contributed by atoms with Crippen molar-refractivity contribution in [3.63, 3.8) is 0 Å². The smallest absolute Gasteiger partial charge is 0.201 e. The van der Waals surface area contributed by atoms with Crippen LogP contribution in [0, 0.1) is 23.7 Å². The van der Waals surface area contributed by atoms with Gasteiger partial charge in [-0.3, -0.25) is 0 Å². The lowest BCUT2D eigenvalue weighted by Crippen LogP contribution is -2.70. The van der Waals surface area contributed by atoms with Gasteiger partial charge in [0.15, 0.2) is 11.9 Å². The van der Waals surface area contributed by atoms with Crippen LogP contribution < -0.4 is 0 Å². The zero-order chi connectivity index (χ0) is 19.5. The van der Waals surface area contributed by atoms with E-state index in [2.05, 4.69) is 44.7 Å². The standard InChI is InChI=1S/C24H32O4/c1-5-17-7-6-8-18(13-17)14-21-16(3)20-10-9-15(2)19-11-12-23(4)26-22(25-21)24(19,20)28-27-23/h5-8,13,15-16,19-22H,1,9-12,14H2,2-4H3/t15-,16-,19+,20+,21-,22-,23-,24-/m1/s1. The van der Waals surface area contributed by atoms with Crippen molar-refractivity contribution in [2.75, 3.05) is 0 Å². The van der Waals surface area contributed by atoms with E-state index in [4.69, 9.17) is 19.2 Å². The van der Waals surface area contributed by atoms with Crippen molar-refractivity contribution < 1.29 is 19.2 Å². The van der Waals surface area contributed by atoms with Crippen LogP contribution in [0.1, 0.15) is 57.6 Å². The fourth-order valence-corrected chi connectivity index (χ4v) is 6.29. The molecule has 4 saturated heterocycles. The Morgan fingerprint density at radius 2 is 2.00 bits per heavy atom. The molecule has 152 valence electrons. The molecule has 1 aromatic carbocycles. The SMILES string of the molecule is C=Cc1cccc(C[C@H]2O[C@@H]3O[C@@]4(C)CC[C@H]5[C@H](C)CC[C@@H]([C@H]2C)[C@@]35OO4)c1. The molecule has 0 N–H and O–H groups in total. The molecule has 4 heteroatoms. The van der Waals surface area contributed by atoms with E-state index in [9.17, 15) is 0 Å². The average molecular weight is 385 g/mol. The maximum absolute atomic E-state index is 6.68. The number of rotatable bonds is 3. The summed E-state index contributed by atoms with van der Waals surface area (Å²) in [6.45, 7) is 10.6. The Morgan fingerprint density at radius 3 is 2.82 bits per heavy atom. The third-order valence-corrected chi connectivity index (χ3v) is 7.92. The summed E-state index contributed by atoms with van der Waals surface area (Å²) in [5.41, 5.74) is 1.97. The zero-order valence-electron chi connectivity index (χ0n) is 17.2. The number of ether oxygens (including phenoxy) is 2. The molecule has 2 bridgehead atoms. The van der Waals surface area contributed by atoms with Crippen LogP contribution in [0.25, 0.3) is 6.08 Å². The first kappa shape index (κ1) is 18.8. The van der Waals surface area contributed by atoms with E-state index in [1.165, 1.54) is 12.0 Å². The summed E-state index contributed by atoms with van der Waals surface area (Å²) in [4.78, 5) is 12.1. The highest BCUT2D eigenvalue weighted by Crippen LogP contribution is 2.60. The predicted octanol–water partition coefficient (Wildman–Crippen LogP) is 5.12. The maximum atomic E-state index is 6.68. The van der Waals surface area contributed by atoms with E-state index in [1.807, 2.05) is 13.0 Å². The Kier molecular flexibility index (Phi) is 4.48. The Hall–Kier alpha value is -1.20. The molecule has 4 nitrogen and oxygen atoms in total. The van der Waals surface area contributed by atoms with Gasteiger partial charge in [-0.1, -0.05) is 50.8 Å². The van der Waals surface area contributed by atoms with Gasteiger partial charge < -0.3 is 9.47 Å². The summed E-state index contributed by atoms with van der Waals surface area (Å²) < 4.78 is 13.1. The fourth-order valence-electron chi connectivity index (χ4n) is 6.29. The molecule has 0 aromatic heterocycles. The molecule has 0 unspecified atom stereocenters. The average Bonchev–Trinajstić information content (AvgIpc) is 2.92. The third-order valence-electron chi connectivity index (χ3n) is 7.92. The quantitative estimate of drug-likeness (QED) is 0.678. The molecular weight excluding hydrogens is 352 g/mol. The number of hydrogen-bond donors (Lipinski definition) is 0. The van der Waals surface area contributed by atoms with Gasteiger partial charge in [0.1, 0.15) is 0 Å². The highest BCUT2D eigenvalue weighted by atomic mass is 17.3. The van der Waals surface area contributed by atoms with Crippen LogP contribution in [0.4, 0.5) is 0 Å². The minimum absolute atomic E-state index is 0.112. The topological polar surface area (TPSA) is 36.9 Å². The Bertz CT molecular complexity index is 763. The first-order valence-electron chi connectivity index (χ1n) is 10.9. The van der Waals surface area contributed by atoms with Gasteiger partial charge in [0, 0.05) is 12.3 Å². The lowest BCUT2D eigenvalue weighted by Gasteiger charge is -2.60. The summed E-state index contributed by atoms with van der Waals surface area (Å²) in [7, 11) is 0. The van der Waals surface area contributed by atoms with Gasteiger partial charge in [-0.25, -0.2) is 9.78 Å². The second kappa shape index (κ2) is 6.66. The van der Waals surface area contributed by atoms with Gasteiger partial charge in [0.25, 0.3) is 0 Å². The van der Waals surface area contributed by atoms with Crippen LogP contribution in [-0.4, -0.2) is 23.8 Å². The van der Waals surface area contributed by atoms with Gasteiger partial charge in [0.05, 0.1) is 6.10 Å². The molecule has 1 aliphatic carbocycles. The molecule has 4 heterocycles. The fraction of sp³-hybridized carbons (Fsp3) is 0.667. The van der Waals surface area contributed by atoms with E-state index in [1.54, 1.807) is 0 Å². The molecule has 5 fully saturated rings. The number of benzene rings is 1. The summed E-state index contributed by atoms with van der Waals surface area (Å²) in [6.07, 6.45) is 6.86.